The smallest absolute Gasteiger partial charge is 0.275 e. The van der Waals surface area contributed by atoms with Gasteiger partial charge in [-0.3, -0.25) is 4.79 Å². The average Bonchev–Trinajstić information content (AvgIpc) is 3.29. The zero-order chi connectivity index (χ0) is 14.8. The topological polar surface area (TPSA) is 59.2 Å². The van der Waals surface area contributed by atoms with Crippen LogP contribution in [0.4, 0.5) is 10.1 Å². The predicted octanol–water partition coefficient (Wildman–Crippen LogP) is 2.61. The highest BCUT2D eigenvalue weighted by molar-refractivity contribution is 5.97. The van der Waals surface area contributed by atoms with E-state index >= 15 is 0 Å². The maximum Gasteiger partial charge on any atom is 0.275 e. The summed E-state index contributed by atoms with van der Waals surface area (Å²) in [5.41, 5.74) is 7.23. The standard InChI is InChI=1S/C16H16FN3O/c17-12-4-1-3-11(9-12)10-20(13-6-7-13)16(21)15-14(18)5-2-8-19-15/h1-5,8-9,13H,6-7,10,18H2. The van der Waals surface area contributed by atoms with Gasteiger partial charge in [0, 0.05) is 18.8 Å². The Hall–Kier alpha value is -2.43. The molecule has 2 aromatic rings. The molecule has 5 heteroatoms. The molecule has 108 valence electrons. The Morgan fingerprint density at radius 1 is 1.33 bits per heavy atom. The molecule has 0 saturated heterocycles. The van der Waals surface area contributed by atoms with Crippen LogP contribution in [0.15, 0.2) is 42.6 Å². The second kappa shape index (κ2) is 5.52. The molecule has 1 heterocycles. The minimum Gasteiger partial charge on any atom is -0.397 e. The fourth-order valence-corrected chi connectivity index (χ4v) is 2.32. The minimum absolute atomic E-state index is 0.195. The van der Waals surface area contributed by atoms with Crippen molar-refractivity contribution in [2.24, 2.45) is 0 Å². The third kappa shape index (κ3) is 3.02. The van der Waals surface area contributed by atoms with Gasteiger partial charge in [0.15, 0.2) is 5.69 Å². The lowest BCUT2D eigenvalue weighted by Crippen LogP contribution is -2.33. The zero-order valence-electron chi connectivity index (χ0n) is 11.5. The molecule has 1 amide bonds. The van der Waals surface area contributed by atoms with Gasteiger partial charge in [-0.05, 0) is 42.7 Å². The SMILES string of the molecule is Nc1cccnc1C(=O)N(Cc1cccc(F)c1)C1CC1. The second-order valence-corrected chi connectivity index (χ2v) is 5.24. The summed E-state index contributed by atoms with van der Waals surface area (Å²) in [6, 6.07) is 9.85. The van der Waals surface area contributed by atoms with Crippen molar-refractivity contribution in [1.29, 1.82) is 0 Å². The number of hydrogen-bond acceptors (Lipinski definition) is 3. The van der Waals surface area contributed by atoms with E-state index in [9.17, 15) is 9.18 Å². The van der Waals surface area contributed by atoms with E-state index in [-0.39, 0.29) is 23.5 Å². The molecule has 4 nitrogen and oxygen atoms in total. The van der Waals surface area contributed by atoms with Crippen molar-refractivity contribution < 1.29 is 9.18 Å². The number of halogens is 1. The van der Waals surface area contributed by atoms with Crippen molar-refractivity contribution in [2.75, 3.05) is 5.73 Å². The molecule has 21 heavy (non-hydrogen) atoms. The molecular weight excluding hydrogens is 269 g/mol. The van der Waals surface area contributed by atoms with Gasteiger partial charge in [0.1, 0.15) is 5.82 Å². The Balaban J connectivity index is 1.85. The van der Waals surface area contributed by atoms with Gasteiger partial charge in [0.05, 0.1) is 5.69 Å². The lowest BCUT2D eigenvalue weighted by molar-refractivity contribution is 0.0725. The van der Waals surface area contributed by atoms with Gasteiger partial charge in [0.2, 0.25) is 0 Å². The number of nitrogen functional groups attached to an aromatic ring is 1. The van der Waals surface area contributed by atoms with Crippen LogP contribution in [0.3, 0.4) is 0 Å². The maximum atomic E-state index is 13.3. The number of hydrogen-bond donors (Lipinski definition) is 1. The van der Waals surface area contributed by atoms with Crippen LogP contribution in [0.1, 0.15) is 28.9 Å². The Morgan fingerprint density at radius 3 is 2.81 bits per heavy atom. The maximum absolute atomic E-state index is 13.3. The first kappa shape index (κ1) is 13.5. The van der Waals surface area contributed by atoms with Gasteiger partial charge in [0.25, 0.3) is 5.91 Å². The predicted molar refractivity (Wildman–Crippen MR) is 77.9 cm³/mol. The number of anilines is 1. The van der Waals surface area contributed by atoms with Gasteiger partial charge < -0.3 is 10.6 Å². The number of carbonyl (C=O) groups is 1. The summed E-state index contributed by atoms with van der Waals surface area (Å²) >= 11 is 0. The van der Waals surface area contributed by atoms with E-state index in [4.69, 9.17) is 5.73 Å². The van der Waals surface area contributed by atoms with Crippen LogP contribution >= 0.6 is 0 Å². The number of amides is 1. The summed E-state index contributed by atoms with van der Waals surface area (Å²) in [5.74, 6) is -0.493. The monoisotopic (exact) mass is 285 g/mol. The highest BCUT2D eigenvalue weighted by Gasteiger charge is 2.34. The van der Waals surface area contributed by atoms with Crippen molar-refractivity contribution >= 4 is 11.6 Å². The van der Waals surface area contributed by atoms with Gasteiger partial charge in [-0.25, -0.2) is 9.37 Å². The molecule has 0 bridgehead atoms. The van der Waals surface area contributed by atoms with Crippen LogP contribution < -0.4 is 5.73 Å². The Morgan fingerprint density at radius 2 is 2.14 bits per heavy atom. The second-order valence-electron chi connectivity index (χ2n) is 5.24. The molecule has 2 N–H and O–H groups in total. The van der Waals surface area contributed by atoms with Crippen LogP contribution in [0.25, 0.3) is 0 Å². The largest absolute Gasteiger partial charge is 0.397 e. The Kier molecular flexibility index (Phi) is 3.56. The Bertz CT molecular complexity index is 670. The summed E-state index contributed by atoms with van der Waals surface area (Å²) in [4.78, 5) is 18.4. The summed E-state index contributed by atoms with van der Waals surface area (Å²) < 4.78 is 13.3. The van der Waals surface area contributed by atoms with Crippen LogP contribution in [-0.2, 0) is 6.54 Å². The number of nitrogens with zero attached hydrogens (tertiary/aromatic N) is 2. The molecule has 1 aromatic heterocycles. The third-order valence-corrected chi connectivity index (χ3v) is 3.53. The first-order valence-corrected chi connectivity index (χ1v) is 6.91. The van der Waals surface area contributed by atoms with Gasteiger partial charge >= 0.3 is 0 Å². The fraction of sp³-hybridized carbons (Fsp3) is 0.250. The number of aromatic nitrogens is 1. The highest BCUT2D eigenvalue weighted by atomic mass is 19.1. The molecule has 3 rings (SSSR count). The quantitative estimate of drug-likeness (QED) is 0.939. The zero-order valence-corrected chi connectivity index (χ0v) is 11.5. The third-order valence-electron chi connectivity index (χ3n) is 3.53. The van der Waals surface area contributed by atoms with E-state index in [1.165, 1.54) is 12.1 Å². The number of pyridine rings is 1. The molecule has 0 unspecified atom stereocenters. The van der Waals surface area contributed by atoms with Crippen molar-refractivity contribution in [1.82, 2.24) is 9.88 Å². The number of carbonyl (C=O) groups excluding carboxylic acids is 1. The van der Waals surface area contributed by atoms with Gasteiger partial charge in [-0.1, -0.05) is 12.1 Å². The first-order chi connectivity index (χ1) is 10.1. The molecule has 1 saturated carbocycles. The van der Waals surface area contributed by atoms with E-state index in [1.54, 1.807) is 29.3 Å². The van der Waals surface area contributed by atoms with Crippen molar-refractivity contribution in [3.8, 4) is 0 Å². The van der Waals surface area contributed by atoms with Crippen molar-refractivity contribution in [2.45, 2.75) is 25.4 Å². The van der Waals surface area contributed by atoms with Gasteiger partial charge in [-0.2, -0.15) is 0 Å². The Labute approximate surface area is 122 Å². The number of benzene rings is 1. The summed E-state index contributed by atoms with van der Waals surface area (Å²) in [7, 11) is 0. The van der Waals surface area contributed by atoms with E-state index in [0.717, 1.165) is 18.4 Å². The molecule has 0 atom stereocenters. The van der Waals surface area contributed by atoms with E-state index < -0.39 is 0 Å². The average molecular weight is 285 g/mol. The van der Waals surface area contributed by atoms with Gasteiger partial charge in [-0.15, -0.1) is 0 Å². The fourth-order valence-electron chi connectivity index (χ4n) is 2.32. The van der Waals surface area contributed by atoms with Crippen LogP contribution in [-0.4, -0.2) is 21.8 Å². The van der Waals surface area contributed by atoms with E-state index in [0.29, 0.717) is 12.2 Å². The summed E-state index contributed by atoms with van der Waals surface area (Å²) in [6.07, 6.45) is 3.48. The summed E-state index contributed by atoms with van der Waals surface area (Å²) in [6.45, 7) is 0.372. The normalized spacial score (nSPS) is 14.0. The lowest BCUT2D eigenvalue weighted by atomic mass is 10.2. The van der Waals surface area contributed by atoms with Crippen molar-refractivity contribution in [3.05, 3.63) is 59.7 Å². The summed E-state index contributed by atoms with van der Waals surface area (Å²) in [5, 5.41) is 0. The molecule has 1 aliphatic rings. The minimum atomic E-state index is -0.298. The van der Waals surface area contributed by atoms with E-state index in [1.807, 2.05) is 6.07 Å². The van der Waals surface area contributed by atoms with E-state index in [2.05, 4.69) is 4.98 Å². The lowest BCUT2D eigenvalue weighted by Gasteiger charge is -2.22. The molecule has 0 radical (unpaired) electrons. The van der Waals surface area contributed by atoms with Crippen LogP contribution in [0.2, 0.25) is 0 Å². The molecule has 0 spiro atoms. The van der Waals surface area contributed by atoms with Crippen LogP contribution in [0.5, 0.6) is 0 Å². The number of nitrogens with two attached hydrogens (primary N) is 1. The first-order valence-electron chi connectivity index (χ1n) is 6.91. The molecule has 1 aliphatic carbocycles. The molecular formula is C16H16FN3O. The van der Waals surface area contributed by atoms with Crippen LogP contribution in [0, 0.1) is 5.82 Å². The van der Waals surface area contributed by atoms with Crippen molar-refractivity contribution in [3.63, 3.8) is 0 Å². The molecule has 1 fully saturated rings. The number of rotatable bonds is 4. The molecule has 0 aliphatic heterocycles. The molecule has 1 aromatic carbocycles. The highest BCUT2D eigenvalue weighted by Crippen LogP contribution is 2.30.